The summed E-state index contributed by atoms with van der Waals surface area (Å²) in [4.78, 5) is 6.64. The molecule has 0 unspecified atom stereocenters. The fraction of sp³-hybridized carbons (Fsp3) is 0.286. The Morgan fingerprint density at radius 3 is 2.90 bits per heavy atom. The van der Waals surface area contributed by atoms with E-state index in [9.17, 15) is 0 Å². The van der Waals surface area contributed by atoms with Crippen LogP contribution in [-0.4, -0.2) is 44.7 Å². The van der Waals surface area contributed by atoms with Gasteiger partial charge in [-0.25, -0.2) is 9.50 Å². The van der Waals surface area contributed by atoms with Crippen molar-refractivity contribution < 1.29 is 0 Å². The van der Waals surface area contributed by atoms with Gasteiger partial charge in [-0.15, -0.1) is 0 Å². The van der Waals surface area contributed by atoms with Gasteiger partial charge in [0.15, 0.2) is 0 Å². The number of nitrogens with zero attached hydrogens (tertiary/aromatic N) is 5. The molecule has 0 saturated heterocycles. The molecule has 0 spiro atoms. The lowest BCUT2D eigenvalue weighted by Crippen LogP contribution is -2.17. The summed E-state index contributed by atoms with van der Waals surface area (Å²) in [6, 6.07) is 4.18. The van der Waals surface area contributed by atoms with E-state index in [1.165, 1.54) is 0 Å². The van der Waals surface area contributed by atoms with Crippen LogP contribution in [-0.2, 0) is 6.54 Å². The van der Waals surface area contributed by atoms with Crippen LogP contribution in [0.25, 0.3) is 16.8 Å². The van der Waals surface area contributed by atoms with Crippen molar-refractivity contribution in [1.29, 1.82) is 0 Å². The van der Waals surface area contributed by atoms with E-state index in [1.54, 1.807) is 0 Å². The molecule has 0 amide bonds. The van der Waals surface area contributed by atoms with E-state index in [-0.39, 0.29) is 0 Å². The zero-order valence-corrected chi connectivity index (χ0v) is 13.6. The molecular weight excluding hydrogens is 365 g/mol. The predicted molar refractivity (Wildman–Crippen MR) is 87.7 cm³/mol. The minimum atomic E-state index is 0.946. The number of pyridine rings is 1. The maximum absolute atomic E-state index is 4.48. The van der Waals surface area contributed by atoms with Crippen molar-refractivity contribution in [1.82, 2.24) is 24.1 Å². The van der Waals surface area contributed by atoms with Gasteiger partial charge in [0, 0.05) is 31.0 Å². The summed E-state index contributed by atoms with van der Waals surface area (Å²) in [5, 5.41) is 4.34. The molecule has 104 valence electrons. The van der Waals surface area contributed by atoms with E-state index in [1.807, 2.05) is 23.2 Å². The second-order valence-electron chi connectivity index (χ2n) is 5.04. The number of hydrogen-bond donors (Lipinski definition) is 0. The average Bonchev–Trinajstić information content (AvgIpc) is 3.04. The summed E-state index contributed by atoms with van der Waals surface area (Å²) < 4.78 is 5.17. The molecule has 0 bridgehead atoms. The number of likely N-dealkylation sites (N-methyl/N-ethyl adjacent to an activating group) is 1. The van der Waals surface area contributed by atoms with Gasteiger partial charge in [-0.3, -0.25) is 0 Å². The van der Waals surface area contributed by atoms with Crippen LogP contribution < -0.4 is 0 Å². The van der Waals surface area contributed by atoms with Crippen LogP contribution >= 0.6 is 22.6 Å². The highest BCUT2D eigenvalue weighted by atomic mass is 127. The Balaban J connectivity index is 1.87. The van der Waals surface area contributed by atoms with Crippen molar-refractivity contribution in [3.05, 3.63) is 40.6 Å². The summed E-state index contributed by atoms with van der Waals surface area (Å²) in [5.74, 6) is 0. The number of halogens is 1. The number of imidazole rings is 1. The molecular formula is C14H16IN5. The van der Waals surface area contributed by atoms with E-state index >= 15 is 0 Å². The average molecular weight is 381 g/mol. The molecule has 0 aromatic carbocycles. The first-order valence-corrected chi connectivity index (χ1v) is 7.51. The third-order valence-electron chi connectivity index (χ3n) is 3.20. The Morgan fingerprint density at radius 1 is 1.25 bits per heavy atom. The van der Waals surface area contributed by atoms with Gasteiger partial charge in [0.25, 0.3) is 0 Å². The third kappa shape index (κ3) is 2.71. The molecule has 3 aromatic heterocycles. The second-order valence-corrected chi connectivity index (χ2v) is 6.20. The van der Waals surface area contributed by atoms with E-state index in [0.29, 0.717) is 0 Å². The van der Waals surface area contributed by atoms with Gasteiger partial charge >= 0.3 is 0 Å². The van der Waals surface area contributed by atoms with Crippen molar-refractivity contribution in [2.45, 2.75) is 6.54 Å². The second kappa shape index (κ2) is 5.53. The van der Waals surface area contributed by atoms with Crippen LogP contribution in [0.15, 0.2) is 37.1 Å². The lowest BCUT2D eigenvalue weighted by Gasteiger charge is -2.08. The SMILES string of the molecule is CN(C)CCn1cnc(-c2ccc3c(I)cnn3c2)c1. The van der Waals surface area contributed by atoms with Gasteiger partial charge < -0.3 is 9.47 Å². The Kier molecular flexibility index (Phi) is 3.75. The van der Waals surface area contributed by atoms with E-state index in [0.717, 1.165) is 33.4 Å². The molecule has 0 aliphatic carbocycles. The van der Waals surface area contributed by atoms with Crippen molar-refractivity contribution in [2.75, 3.05) is 20.6 Å². The Bertz CT molecular complexity index is 728. The zero-order chi connectivity index (χ0) is 14.1. The molecule has 0 saturated carbocycles. The highest BCUT2D eigenvalue weighted by Gasteiger charge is 2.06. The van der Waals surface area contributed by atoms with Crippen molar-refractivity contribution in [3.8, 4) is 11.3 Å². The summed E-state index contributed by atoms with van der Waals surface area (Å²) in [7, 11) is 4.15. The molecule has 20 heavy (non-hydrogen) atoms. The molecule has 0 radical (unpaired) electrons. The van der Waals surface area contributed by atoms with Crippen LogP contribution in [0.1, 0.15) is 0 Å². The van der Waals surface area contributed by atoms with Crippen molar-refractivity contribution in [3.63, 3.8) is 0 Å². The molecule has 0 fully saturated rings. The molecule has 3 rings (SSSR count). The molecule has 0 aliphatic rings. The monoisotopic (exact) mass is 381 g/mol. The van der Waals surface area contributed by atoms with E-state index in [4.69, 9.17) is 0 Å². The summed E-state index contributed by atoms with van der Waals surface area (Å²) >= 11 is 2.29. The summed E-state index contributed by atoms with van der Waals surface area (Å²) in [5.41, 5.74) is 3.19. The Labute approximate surface area is 131 Å². The fourth-order valence-corrected chi connectivity index (χ4v) is 2.60. The number of aromatic nitrogens is 4. The molecule has 3 aromatic rings. The lowest BCUT2D eigenvalue weighted by molar-refractivity contribution is 0.384. The van der Waals surface area contributed by atoms with E-state index in [2.05, 4.69) is 74.6 Å². The van der Waals surface area contributed by atoms with Gasteiger partial charge in [-0.2, -0.15) is 5.10 Å². The molecule has 0 N–H and O–H groups in total. The first-order valence-electron chi connectivity index (χ1n) is 6.43. The Morgan fingerprint density at radius 2 is 2.10 bits per heavy atom. The predicted octanol–water partition coefficient (Wildman–Crippen LogP) is 2.36. The number of rotatable bonds is 4. The van der Waals surface area contributed by atoms with Gasteiger partial charge in [0.1, 0.15) is 0 Å². The minimum absolute atomic E-state index is 0.946. The van der Waals surface area contributed by atoms with E-state index < -0.39 is 0 Å². The van der Waals surface area contributed by atoms with Crippen LogP contribution in [0.2, 0.25) is 0 Å². The van der Waals surface area contributed by atoms with Crippen LogP contribution in [0.5, 0.6) is 0 Å². The topological polar surface area (TPSA) is 38.4 Å². The zero-order valence-electron chi connectivity index (χ0n) is 11.5. The number of hydrogen-bond acceptors (Lipinski definition) is 3. The minimum Gasteiger partial charge on any atom is -0.336 e. The van der Waals surface area contributed by atoms with Gasteiger partial charge in [0.05, 0.1) is 27.3 Å². The third-order valence-corrected chi connectivity index (χ3v) is 4.03. The van der Waals surface area contributed by atoms with Crippen molar-refractivity contribution >= 4 is 28.1 Å². The molecule has 3 heterocycles. The highest BCUT2D eigenvalue weighted by Crippen LogP contribution is 2.20. The maximum Gasteiger partial charge on any atom is 0.0954 e. The van der Waals surface area contributed by atoms with Crippen molar-refractivity contribution in [2.24, 2.45) is 0 Å². The maximum atomic E-state index is 4.48. The molecule has 6 heteroatoms. The molecule has 0 aliphatic heterocycles. The Hall–Kier alpha value is -1.41. The fourth-order valence-electron chi connectivity index (χ4n) is 2.05. The largest absolute Gasteiger partial charge is 0.336 e. The van der Waals surface area contributed by atoms with Gasteiger partial charge in [-0.1, -0.05) is 0 Å². The van der Waals surface area contributed by atoms with Crippen LogP contribution in [0.4, 0.5) is 0 Å². The molecule has 0 atom stereocenters. The van der Waals surface area contributed by atoms with Crippen LogP contribution in [0, 0.1) is 3.57 Å². The summed E-state index contributed by atoms with van der Waals surface area (Å²) in [6.45, 7) is 1.95. The van der Waals surface area contributed by atoms with Crippen LogP contribution in [0.3, 0.4) is 0 Å². The van der Waals surface area contributed by atoms with Gasteiger partial charge in [0.2, 0.25) is 0 Å². The smallest absolute Gasteiger partial charge is 0.0954 e. The normalized spacial score (nSPS) is 11.6. The quantitative estimate of drug-likeness (QED) is 0.652. The lowest BCUT2D eigenvalue weighted by atomic mass is 10.2. The molecule has 5 nitrogen and oxygen atoms in total. The number of fused-ring (bicyclic) bond motifs is 1. The standard InChI is InChI=1S/C14H16IN5/c1-18(2)5-6-19-9-13(16-10-19)11-3-4-14-12(15)7-17-20(14)8-11/h3-4,7-10H,5-6H2,1-2H3. The van der Waals surface area contributed by atoms with Gasteiger partial charge in [-0.05, 0) is 48.8 Å². The highest BCUT2D eigenvalue weighted by molar-refractivity contribution is 14.1. The summed E-state index contributed by atoms with van der Waals surface area (Å²) in [6.07, 6.45) is 7.86. The first-order chi connectivity index (χ1) is 9.63. The first kappa shape index (κ1) is 13.6.